The molecule has 22 heavy (non-hydrogen) atoms. The third kappa shape index (κ3) is 3.16. The molecule has 1 aliphatic heterocycles. The summed E-state index contributed by atoms with van der Waals surface area (Å²) < 4.78 is 7.40. The van der Waals surface area contributed by atoms with Crippen LogP contribution in [-0.4, -0.2) is 21.4 Å². The fraction of sp³-hybridized carbons (Fsp3) is 0.312. The smallest absolute Gasteiger partial charge is 0.317 e. The summed E-state index contributed by atoms with van der Waals surface area (Å²) in [6, 6.07) is 6.57. The first-order valence-corrected chi connectivity index (χ1v) is 7.32. The number of benzene rings is 1. The van der Waals surface area contributed by atoms with Gasteiger partial charge in [-0.3, -0.25) is 10.2 Å². The molecule has 0 fully saturated rings. The second-order valence-electron chi connectivity index (χ2n) is 5.39. The molecule has 6 nitrogen and oxygen atoms in total. The highest BCUT2D eigenvalue weighted by molar-refractivity contribution is 5.95. The number of hydrogen-bond donors (Lipinski definition) is 2. The second kappa shape index (κ2) is 6.01. The van der Waals surface area contributed by atoms with Crippen molar-refractivity contribution in [2.24, 2.45) is 5.73 Å². The Hall–Kier alpha value is -2.63. The van der Waals surface area contributed by atoms with Crippen LogP contribution in [0.3, 0.4) is 0 Å². The Morgan fingerprint density at radius 1 is 1.32 bits per heavy atom. The molecule has 0 radical (unpaired) electrons. The molecule has 1 aromatic heterocycles. The quantitative estimate of drug-likeness (QED) is 0.388. The van der Waals surface area contributed by atoms with Crippen LogP contribution in [0.4, 0.5) is 0 Å². The van der Waals surface area contributed by atoms with Gasteiger partial charge in [0.15, 0.2) is 0 Å². The first kappa shape index (κ1) is 14.3. The van der Waals surface area contributed by atoms with Crippen LogP contribution in [0.5, 0.6) is 5.75 Å². The lowest BCUT2D eigenvalue weighted by molar-refractivity contribution is -0.133. The minimum absolute atomic E-state index is 0.0125. The van der Waals surface area contributed by atoms with E-state index in [1.54, 1.807) is 24.3 Å². The van der Waals surface area contributed by atoms with Crippen LogP contribution >= 0.6 is 0 Å². The van der Waals surface area contributed by atoms with Crippen LogP contribution in [0, 0.1) is 5.41 Å². The van der Waals surface area contributed by atoms with Crippen LogP contribution in [0.1, 0.15) is 29.9 Å². The molecule has 0 bridgehead atoms. The molecule has 2 aromatic rings. The molecule has 3 rings (SSSR count). The molecule has 2 heterocycles. The van der Waals surface area contributed by atoms with E-state index in [0.29, 0.717) is 11.3 Å². The number of hydrogen-bond acceptors (Lipinski definition) is 4. The van der Waals surface area contributed by atoms with Crippen LogP contribution in [0.25, 0.3) is 0 Å². The van der Waals surface area contributed by atoms with Crippen molar-refractivity contribution in [1.82, 2.24) is 9.55 Å². The molecule has 0 unspecified atom stereocenters. The van der Waals surface area contributed by atoms with Crippen molar-refractivity contribution in [2.45, 2.75) is 32.2 Å². The third-order valence-corrected chi connectivity index (χ3v) is 3.68. The third-order valence-electron chi connectivity index (χ3n) is 3.68. The van der Waals surface area contributed by atoms with Gasteiger partial charge in [-0.1, -0.05) is 0 Å². The minimum atomic E-state index is -0.342. The monoisotopic (exact) mass is 298 g/mol. The number of amidine groups is 1. The number of rotatable bonds is 4. The van der Waals surface area contributed by atoms with Gasteiger partial charge in [-0.25, -0.2) is 4.98 Å². The number of esters is 1. The highest BCUT2D eigenvalue weighted by Gasteiger charge is 2.15. The summed E-state index contributed by atoms with van der Waals surface area (Å²) in [5.41, 5.74) is 6.73. The van der Waals surface area contributed by atoms with Crippen molar-refractivity contribution >= 4 is 11.8 Å². The Balaban J connectivity index is 1.62. The molecule has 0 saturated carbocycles. The van der Waals surface area contributed by atoms with Gasteiger partial charge in [0.1, 0.15) is 17.4 Å². The summed E-state index contributed by atoms with van der Waals surface area (Å²) >= 11 is 0. The summed E-state index contributed by atoms with van der Waals surface area (Å²) in [7, 11) is 0. The van der Waals surface area contributed by atoms with Crippen molar-refractivity contribution in [3.05, 3.63) is 47.5 Å². The van der Waals surface area contributed by atoms with Gasteiger partial charge in [-0.15, -0.1) is 0 Å². The summed E-state index contributed by atoms with van der Waals surface area (Å²) in [6.07, 6.45) is 5.39. The number of nitrogens with one attached hydrogen (secondary N) is 1. The average Bonchev–Trinajstić information content (AvgIpc) is 2.89. The first-order valence-electron chi connectivity index (χ1n) is 7.32. The zero-order chi connectivity index (χ0) is 15.5. The Labute approximate surface area is 128 Å². The Morgan fingerprint density at radius 2 is 2.09 bits per heavy atom. The largest absolute Gasteiger partial charge is 0.426 e. The van der Waals surface area contributed by atoms with E-state index in [1.165, 1.54) is 0 Å². The molecule has 114 valence electrons. The Morgan fingerprint density at radius 3 is 2.77 bits per heavy atom. The van der Waals surface area contributed by atoms with E-state index in [0.717, 1.165) is 37.3 Å². The molecule has 0 amide bonds. The zero-order valence-corrected chi connectivity index (χ0v) is 12.2. The Kier molecular flexibility index (Phi) is 3.91. The number of carbonyl (C=O) groups excluding carboxylic acids is 1. The molecule has 1 aliphatic rings. The van der Waals surface area contributed by atoms with E-state index in [9.17, 15) is 4.79 Å². The topological polar surface area (TPSA) is 94.0 Å². The van der Waals surface area contributed by atoms with E-state index < -0.39 is 0 Å². The lowest BCUT2D eigenvalue weighted by atomic mass is 10.2. The predicted molar refractivity (Wildman–Crippen MR) is 82.0 cm³/mol. The van der Waals surface area contributed by atoms with Crippen molar-refractivity contribution in [3.63, 3.8) is 0 Å². The van der Waals surface area contributed by atoms with Gasteiger partial charge in [0.05, 0.1) is 12.1 Å². The maximum absolute atomic E-state index is 12.0. The lowest BCUT2D eigenvalue weighted by Gasteiger charge is -2.11. The number of ether oxygens (including phenoxy) is 1. The fourth-order valence-electron chi connectivity index (χ4n) is 2.57. The maximum atomic E-state index is 12.0. The number of aryl methyl sites for hydroxylation is 2. The van der Waals surface area contributed by atoms with E-state index in [-0.39, 0.29) is 18.2 Å². The first-order chi connectivity index (χ1) is 10.6. The van der Waals surface area contributed by atoms with Crippen LogP contribution in [-0.2, 0) is 24.2 Å². The number of fused-ring (bicyclic) bond motifs is 1. The van der Waals surface area contributed by atoms with Gasteiger partial charge in [0.2, 0.25) is 0 Å². The molecular weight excluding hydrogens is 280 g/mol. The SMILES string of the molecule is N=C(N)c1ccc(OC(=O)Cc2cn3c(n2)CCCC3)cc1. The van der Waals surface area contributed by atoms with Crippen molar-refractivity contribution < 1.29 is 9.53 Å². The van der Waals surface area contributed by atoms with Gasteiger partial charge >= 0.3 is 5.97 Å². The number of nitrogens with two attached hydrogens (primary N) is 1. The normalized spacial score (nSPS) is 13.5. The van der Waals surface area contributed by atoms with Gasteiger partial charge < -0.3 is 15.0 Å². The van der Waals surface area contributed by atoms with Crippen molar-refractivity contribution in [3.8, 4) is 5.75 Å². The molecular formula is C16H18N4O2. The Bertz CT molecular complexity index is 680. The number of carbonyl (C=O) groups is 1. The van der Waals surface area contributed by atoms with E-state index in [1.807, 2.05) is 6.20 Å². The molecule has 0 saturated heterocycles. The van der Waals surface area contributed by atoms with Crippen LogP contribution < -0.4 is 10.5 Å². The molecule has 3 N–H and O–H groups in total. The molecule has 0 atom stereocenters. The summed E-state index contributed by atoms with van der Waals surface area (Å²) in [5.74, 6) is 1.14. The predicted octanol–water partition coefficient (Wildman–Crippen LogP) is 1.65. The highest BCUT2D eigenvalue weighted by atomic mass is 16.5. The highest BCUT2D eigenvalue weighted by Crippen LogP contribution is 2.16. The number of nitrogens with zero attached hydrogens (tertiary/aromatic N) is 2. The van der Waals surface area contributed by atoms with Gasteiger partial charge in [-0.2, -0.15) is 0 Å². The summed E-state index contributed by atoms with van der Waals surface area (Å²) in [4.78, 5) is 16.5. The van der Waals surface area contributed by atoms with Gasteiger partial charge in [-0.05, 0) is 37.1 Å². The minimum Gasteiger partial charge on any atom is -0.426 e. The number of imidazole rings is 1. The van der Waals surface area contributed by atoms with Gasteiger partial charge in [0.25, 0.3) is 0 Å². The molecule has 0 aliphatic carbocycles. The molecule has 6 heteroatoms. The van der Waals surface area contributed by atoms with E-state index in [4.69, 9.17) is 15.9 Å². The van der Waals surface area contributed by atoms with E-state index >= 15 is 0 Å². The maximum Gasteiger partial charge on any atom is 0.317 e. The molecule has 0 spiro atoms. The van der Waals surface area contributed by atoms with Crippen LogP contribution in [0.15, 0.2) is 30.5 Å². The zero-order valence-electron chi connectivity index (χ0n) is 12.2. The van der Waals surface area contributed by atoms with Gasteiger partial charge in [0, 0.05) is 24.7 Å². The summed E-state index contributed by atoms with van der Waals surface area (Å²) in [5, 5.41) is 7.32. The van der Waals surface area contributed by atoms with Crippen LogP contribution in [0.2, 0.25) is 0 Å². The average molecular weight is 298 g/mol. The van der Waals surface area contributed by atoms with Crippen molar-refractivity contribution in [2.75, 3.05) is 0 Å². The van der Waals surface area contributed by atoms with Crippen molar-refractivity contribution in [1.29, 1.82) is 5.41 Å². The number of aromatic nitrogens is 2. The number of nitrogen functional groups attached to an aromatic ring is 1. The standard InChI is InChI=1S/C16H18N4O2/c17-16(18)11-4-6-13(7-5-11)22-15(21)9-12-10-20-8-2-1-3-14(20)19-12/h4-7,10H,1-3,8-9H2,(H3,17,18). The summed E-state index contributed by atoms with van der Waals surface area (Å²) in [6.45, 7) is 0.976. The molecule has 1 aromatic carbocycles. The second-order valence-corrected chi connectivity index (χ2v) is 5.39. The fourth-order valence-corrected chi connectivity index (χ4v) is 2.57. The van der Waals surface area contributed by atoms with E-state index in [2.05, 4.69) is 9.55 Å². The lowest BCUT2D eigenvalue weighted by Crippen LogP contribution is -2.13.